The van der Waals surface area contributed by atoms with Crippen molar-refractivity contribution < 1.29 is 9.53 Å². The number of aromatic nitrogens is 1. The Morgan fingerprint density at radius 1 is 1.39 bits per heavy atom. The number of hydrogen-bond donors (Lipinski definition) is 1. The molecule has 96 valence electrons. The third-order valence-electron chi connectivity index (χ3n) is 2.95. The molecule has 1 heterocycles. The van der Waals surface area contributed by atoms with E-state index in [0.29, 0.717) is 13.2 Å². The highest BCUT2D eigenvalue weighted by Gasteiger charge is 2.12. The van der Waals surface area contributed by atoms with Gasteiger partial charge in [0.25, 0.3) is 5.91 Å². The highest BCUT2D eigenvalue weighted by molar-refractivity contribution is 6.06. The van der Waals surface area contributed by atoms with Gasteiger partial charge in [0, 0.05) is 44.4 Å². The van der Waals surface area contributed by atoms with E-state index in [2.05, 4.69) is 5.32 Å². The van der Waals surface area contributed by atoms with E-state index in [1.165, 1.54) is 0 Å². The molecule has 1 aromatic heterocycles. The fourth-order valence-electron chi connectivity index (χ4n) is 2.04. The van der Waals surface area contributed by atoms with Gasteiger partial charge >= 0.3 is 0 Å². The van der Waals surface area contributed by atoms with Gasteiger partial charge in [-0.05, 0) is 12.5 Å². The molecule has 0 aliphatic rings. The molecule has 0 fully saturated rings. The molecular weight excluding hydrogens is 228 g/mol. The summed E-state index contributed by atoms with van der Waals surface area (Å²) in [6, 6.07) is 7.91. The van der Waals surface area contributed by atoms with E-state index in [0.717, 1.165) is 22.9 Å². The van der Waals surface area contributed by atoms with Crippen molar-refractivity contribution in [3.8, 4) is 0 Å². The highest BCUT2D eigenvalue weighted by atomic mass is 16.5. The zero-order chi connectivity index (χ0) is 13.0. The first-order chi connectivity index (χ1) is 8.74. The van der Waals surface area contributed by atoms with Crippen molar-refractivity contribution in [2.24, 2.45) is 7.05 Å². The Balaban J connectivity index is 2.13. The normalized spacial score (nSPS) is 10.8. The van der Waals surface area contributed by atoms with E-state index in [1.54, 1.807) is 7.11 Å². The Kier molecular flexibility index (Phi) is 3.99. The van der Waals surface area contributed by atoms with E-state index in [9.17, 15) is 4.79 Å². The molecule has 0 radical (unpaired) electrons. The van der Waals surface area contributed by atoms with Crippen LogP contribution in [0.2, 0.25) is 0 Å². The van der Waals surface area contributed by atoms with Crippen LogP contribution >= 0.6 is 0 Å². The molecule has 4 heteroatoms. The van der Waals surface area contributed by atoms with Gasteiger partial charge in [-0.2, -0.15) is 0 Å². The van der Waals surface area contributed by atoms with Crippen LogP contribution in [0.25, 0.3) is 10.9 Å². The number of nitrogens with one attached hydrogen (secondary N) is 1. The number of aryl methyl sites for hydroxylation is 1. The first kappa shape index (κ1) is 12.6. The van der Waals surface area contributed by atoms with Gasteiger partial charge in [-0.3, -0.25) is 4.79 Å². The first-order valence-electron chi connectivity index (χ1n) is 6.05. The predicted molar refractivity (Wildman–Crippen MR) is 71.7 cm³/mol. The molecule has 4 nitrogen and oxygen atoms in total. The van der Waals surface area contributed by atoms with Crippen LogP contribution in [0.3, 0.4) is 0 Å². The number of hydrogen-bond acceptors (Lipinski definition) is 2. The van der Waals surface area contributed by atoms with Crippen molar-refractivity contribution in [3.63, 3.8) is 0 Å². The van der Waals surface area contributed by atoms with Crippen molar-refractivity contribution in [3.05, 3.63) is 36.0 Å². The van der Waals surface area contributed by atoms with Gasteiger partial charge in [0.2, 0.25) is 0 Å². The zero-order valence-electron chi connectivity index (χ0n) is 10.8. The number of methoxy groups -OCH3 is 1. The number of para-hydroxylation sites is 1. The van der Waals surface area contributed by atoms with E-state index in [-0.39, 0.29) is 5.91 Å². The van der Waals surface area contributed by atoms with Crippen LogP contribution in [-0.2, 0) is 11.8 Å². The van der Waals surface area contributed by atoms with E-state index in [1.807, 2.05) is 42.1 Å². The second-order valence-corrected chi connectivity index (χ2v) is 4.27. The lowest BCUT2D eigenvalue weighted by Crippen LogP contribution is -2.25. The number of carbonyl (C=O) groups is 1. The summed E-state index contributed by atoms with van der Waals surface area (Å²) < 4.78 is 6.92. The predicted octanol–water partition coefficient (Wildman–Crippen LogP) is 1.94. The van der Waals surface area contributed by atoms with Crippen LogP contribution < -0.4 is 5.32 Å². The van der Waals surface area contributed by atoms with Crippen LogP contribution in [0.1, 0.15) is 16.8 Å². The minimum atomic E-state index is -0.0251. The molecule has 1 aromatic carbocycles. The Morgan fingerprint density at radius 2 is 2.17 bits per heavy atom. The van der Waals surface area contributed by atoms with Crippen LogP contribution in [0.5, 0.6) is 0 Å². The third-order valence-corrected chi connectivity index (χ3v) is 2.95. The van der Waals surface area contributed by atoms with Crippen LogP contribution in [-0.4, -0.2) is 30.7 Å². The van der Waals surface area contributed by atoms with Crippen molar-refractivity contribution >= 4 is 16.8 Å². The molecule has 0 bridgehead atoms. The molecule has 0 aliphatic carbocycles. The van der Waals surface area contributed by atoms with Crippen molar-refractivity contribution in [1.82, 2.24) is 9.88 Å². The molecule has 2 rings (SSSR count). The average Bonchev–Trinajstić information content (AvgIpc) is 2.73. The lowest BCUT2D eigenvalue weighted by Gasteiger charge is -2.03. The van der Waals surface area contributed by atoms with Gasteiger partial charge in [-0.15, -0.1) is 0 Å². The summed E-state index contributed by atoms with van der Waals surface area (Å²) in [5.41, 5.74) is 1.80. The fourth-order valence-corrected chi connectivity index (χ4v) is 2.04. The molecular formula is C14H18N2O2. The first-order valence-corrected chi connectivity index (χ1v) is 6.05. The minimum Gasteiger partial charge on any atom is -0.385 e. The standard InChI is InChI=1S/C14H18N2O2/c1-16-10-12(11-6-3-4-7-13(11)16)14(17)15-8-5-9-18-2/h3-4,6-7,10H,5,8-9H2,1-2H3,(H,15,17). The quantitative estimate of drug-likeness (QED) is 0.819. The van der Waals surface area contributed by atoms with E-state index >= 15 is 0 Å². The SMILES string of the molecule is COCCCNC(=O)c1cn(C)c2ccccc12. The lowest BCUT2D eigenvalue weighted by molar-refractivity contribution is 0.0950. The van der Waals surface area contributed by atoms with Gasteiger partial charge in [-0.25, -0.2) is 0 Å². The van der Waals surface area contributed by atoms with Crippen molar-refractivity contribution in [2.45, 2.75) is 6.42 Å². The Morgan fingerprint density at radius 3 is 2.94 bits per heavy atom. The van der Waals surface area contributed by atoms with E-state index in [4.69, 9.17) is 4.74 Å². The fraction of sp³-hybridized carbons (Fsp3) is 0.357. The summed E-state index contributed by atoms with van der Waals surface area (Å²) in [6.07, 6.45) is 2.70. The Bertz CT molecular complexity index is 546. The summed E-state index contributed by atoms with van der Waals surface area (Å²) >= 11 is 0. The Labute approximate surface area is 107 Å². The number of rotatable bonds is 5. The summed E-state index contributed by atoms with van der Waals surface area (Å²) in [4.78, 5) is 12.1. The molecule has 0 spiro atoms. The topological polar surface area (TPSA) is 43.3 Å². The van der Waals surface area contributed by atoms with Crippen LogP contribution in [0.4, 0.5) is 0 Å². The van der Waals surface area contributed by atoms with Gasteiger partial charge in [-0.1, -0.05) is 18.2 Å². The second kappa shape index (κ2) is 5.69. The maximum absolute atomic E-state index is 12.1. The van der Waals surface area contributed by atoms with Gasteiger partial charge in [0.15, 0.2) is 0 Å². The summed E-state index contributed by atoms with van der Waals surface area (Å²) in [5.74, 6) is -0.0251. The third kappa shape index (κ3) is 2.54. The minimum absolute atomic E-state index is 0.0251. The molecule has 1 N–H and O–H groups in total. The number of nitrogens with zero attached hydrogens (tertiary/aromatic N) is 1. The largest absolute Gasteiger partial charge is 0.385 e. The molecule has 2 aromatic rings. The molecule has 0 saturated carbocycles. The van der Waals surface area contributed by atoms with Gasteiger partial charge in [0.1, 0.15) is 0 Å². The Hall–Kier alpha value is -1.81. The van der Waals surface area contributed by atoms with Crippen molar-refractivity contribution in [1.29, 1.82) is 0 Å². The van der Waals surface area contributed by atoms with Crippen LogP contribution in [0.15, 0.2) is 30.5 Å². The van der Waals surface area contributed by atoms with Gasteiger partial charge < -0.3 is 14.6 Å². The van der Waals surface area contributed by atoms with Crippen molar-refractivity contribution in [2.75, 3.05) is 20.3 Å². The van der Waals surface area contributed by atoms with Crippen LogP contribution in [0, 0.1) is 0 Å². The molecule has 0 saturated heterocycles. The van der Waals surface area contributed by atoms with E-state index < -0.39 is 0 Å². The maximum atomic E-state index is 12.1. The number of ether oxygens (including phenoxy) is 1. The second-order valence-electron chi connectivity index (χ2n) is 4.27. The molecule has 1 amide bonds. The molecule has 0 aliphatic heterocycles. The summed E-state index contributed by atoms with van der Waals surface area (Å²) in [6.45, 7) is 1.30. The number of fused-ring (bicyclic) bond motifs is 1. The molecule has 0 unspecified atom stereocenters. The monoisotopic (exact) mass is 246 g/mol. The number of amides is 1. The number of carbonyl (C=O) groups excluding carboxylic acids is 1. The maximum Gasteiger partial charge on any atom is 0.253 e. The molecule has 18 heavy (non-hydrogen) atoms. The summed E-state index contributed by atoms with van der Waals surface area (Å²) in [5, 5.41) is 3.90. The summed E-state index contributed by atoms with van der Waals surface area (Å²) in [7, 11) is 3.61. The average molecular weight is 246 g/mol. The van der Waals surface area contributed by atoms with Gasteiger partial charge in [0.05, 0.1) is 5.56 Å². The molecule has 0 atom stereocenters. The zero-order valence-corrected chi connectivity index (χ0v) is 10.8. The highest BCUT2D eigenvalue weighted by Crippen LogP contribution is 2.19. The number of benzene rings is 1. The lowest BCUT2D eigenvalue weighted by atomic mass is 10.1. The smallest absolute Gasteiger partial charge is 0.253 e.